The molecule has 1 unspecified atom stereocenters. The van der Waals surface area contributed by atoms with Gasteiger partial charge in [0, 0.05) is 44.1 Å². The zero-order chi connectivity index (χ0) is 16.4. The van der Waals surface area contributed by atoms with Crippen LogP contribution in [0.5, 0.6) is 0 Å². The Morgan fingerprint density at radius 1 is 1.35 bits per heavy atom. The zero-order valence-corrected chi connectivity index (χ0v) is 12.9. The van der Waals surface area contributed by atoms with Crippen molar-refractivity contribution in [3.8, 4) is 0 Å². The van der Waals surface area contributed by atoms with Gasteiger partial charge in [0.25, 0.3) is 5.91 Å². The average molecular weight is 317 g/mol. The summed E-state index contributed by atoms with van der Waals surface area (Å²) in [5.41, 5.74) is -0.592. The van der Waals surface area contributed by atoms with Crippen LogP contribution < -0.4 is 10.6 Å². The lowest BCUT2D eigenvalue weighted by Crippen LogP contribution is -2.50. The van der Waals surface area contributed by atoms with Gasteiger partial charge < -0.3 is 15.5 Å². The number of carbonyl (C=O) groups is 3. The normalized spacial score (nSPS) is 24.7. The number of carbonyl (C=O) groups excluding carboxylic acids is 3. The quantitative estimate of drug-likeness (QED) is 0.718. The highest BCUT2D eigenvalue weighted by Gasteiger charge is 2.49. The van der Waals surface area contributed by atoms with Crippen LogP contribution >= 0.6 is 0 Å². The molecular formula is C15H19N5O3. The molecule has 0 aromatic carbocycles. The van der Waals surface area contributed by atoms with E-state index in [9.17, 15) is 14.4 Å². The highest BCUT2D eigenvalue weighted by Crippen LogP contribution is 2.28. The molecule has 4 amide bonds. The van der Waals surface area contributed by atoms with Crippen molar-refractivity contribution in [2.24, 2.45) is 0 Å². The molecule has 122 valence electrons. The summed E-state index contributed by atoms with van der Waals surface area (Å²) < 4.78 is 0. The third-order valence-electron chi connectivity index (χ3n) is 4.28. The monoisotopic (exact) mass is 317 g/mol. The molecule has 8 heteroatoms. The van der Waals surface area contributed by atoms with Crippen LogP contribution in [0.1, 0.15) is 12.5 Å². The van der Waals surface area contributed by atoms with Gasteiger partial charge in [-0.1, -0.05) is 6.07 Å². The Bertz CT molecular complexity index is 629. The number of nitrogens with one attached hydrogen (secondary N) is 2. The SMILES string of the molecule is CC1(c2cccnc2)NC(=O)N(CC(=O)N2CCNCC2)C1=O. The smallest absolute Gasteiger partial charge is 0.325 e. The molecule has 3 rings (SSSR count). The fourth-order valence-corrected chi connectivity index (χ4v) is 2.84. The number of rotatable bonds is 3. The molecule has 0 spiro atoms. The third kappa shape index (κ3) is 2.77. The number of imide groups is 1. The number of amides is 4. The van der Waals surface area contributed by atoms with Crippen molar-refractivity contribution in [3.05, 3.63) is 30.1 Å². The predicted molar refractivity (Wildman–Crippen MR) is 81.3 cm³/mol. The largest absolute Gasteiger partial charge is 0.339 e. The van der Waals surface area contributed by atoms with Crippen molar-refractivity contribution in [1.29, 1.82) is 0 Å². The molecule has 1 aromatic rings. The highest BCUT2D eigenvalue weighted by molar-refractivity contribution is 6.09. The Hall–Kier alpha value is -2.48. The van der Waals surface area contributed by atoms with Gasteiger partial charge in [0.05, 0.1) is 0 Å². The molecule has 1 atom stereocenters. The summed E-state index contributed by atoms with van der Waals surface area (Å²) >= 11 is 0. The van der Waals surface area contributed by atoms with Crippen LogP contribution in [0.3, 0.4) is 0 Å². The number of urea groups is 1. The van der Waals surface area contributed by atoms with Crippen molar-refractivity contribution in [3.63, 3.8) is 0 Å². The van der Waals surface area contributed by atoms with Crippen LogP contribution in [0, 0.1) is 0 Å². The second-order valence-electron chi connectivity index (χ2n) is 5.82. The van der Waals surface area contributed by atoms with Gasteiger partial charge in [-0.25, -0.2) is 4.79 Å². The predicted octanol–water partition coefficient (Wildman–Crippen LogP) is -0.720. The molecule has 3 heterocycles. The van der Waals surface area contributed by atoms with Gasteiger partial charge >= 0.3 is 6.03 Å². The number of hydrogen-bond donors (Lipinski definition) is 2. The zero-order valence-electron chi connectivity index (χ0n) is 12.9. The molecule has 2 aliphatic rings. The molecule has 2 fully saturated rings. The molecule has 0 saturated carbocycles. The highest BCUT2D eigenvalue weighted by atomic mass is 16.2. The summed E-state index contributed by atoms with van der Waals surface area (Å²) in [6, 6.07) is 2.88. The van der Waals surface area contributed by atoms with Gasteiger partial charge in [0.15, 0.2) is 0 Å². The van der Waals surface area contributed by atoms with E-state index in [0.29, 0.717) is 18.7 Å². The van der Waals surface area contributed by atoms with Gasteiger partial charge in [0.2, 0.25) is 5.91 Å². The molecule has 2 N–H and O–H groups in total. The van der Waals surface area contributed by atoms with E-state index in [1.165, 1.54) is 0 Å². The number of nitrogens with zero attached hydrogens (tertiary/aromatic N) is 3. The number of hydrogen-bond acceptors (Lipinski definition) is 5. The first-order chi connectivity index (χ1) is 11.0. The fourth-order valence-electron chi connectivity index (χ4n) is 2.84. The summed E-state index contributed by atoms with van der Waals surface area (Å²) in [4.78, 5) is 43.8. The molecule has 0 aliphatic carbocycles. The molecule has 0 radical (unpaired) electrons. The second-order valence-corrected chi connectivity index (χ2v) is 5.82. The topological polar surface area (TPSA) is 94.6 Å². The van der Waals surface area contributed by atoms with E-state index in [1.807, 2.05) is 0 Å². The minimum absolute atomic E-state index is 0.217. The summed E-state index contributed by atoms with van der Waals surface area (Å²) in [6.07, 6.45) is 3.14. The van der Waals surface area contributed by atoms with E-state index in [4.69, 9.17) is 0 Å². The Kier molecular flexibility index (Phi) is 3.99. The van der Waals surface area contributed by atoms with Crippen LogP contribution in [-0.4, -0.2) is 65.4 Å². The molecule has 1 aromatic heterocycles. The van der Waals surface area contributed by atoms with E-state index in [-0.39, 0.29) is 12.5 Å². The third-order valence-corrected chi connectivity index (χ3v) is 4.28. The van der Waals surface area contributed by atoms with Gasteiger partial charge in [0.1, 0.15) is 12.1 Å². The van der Waals surface area contributed by atoms with E-state index >= 15 is 0 Å². The van der Waals surface area contributed by atoms with Crippen molar-refractivity contribution in [1.82, 2.24) is 25.4 Å². The number of aromatic nitrogens is 1. The summed E-state index contributed by atoms with van der Waals surface area (Å²) in [6.45, 7) is 4.00. The van der Waals surface area contributed by atoms with Crippen LogP contribution in [-0.2, 0) is 15.1 Å². The van der Waals surface area contributed by atoms with Gasteiger partial charge in [-0.15, -0.1) is 0 Å². The summed E-state index contributed by atoms with van der Waals surface area (Å²) in [5.74, 6) is -0.649. The number of pyridine rings is 1. The van der Waals surface area contributed by atoms with Crippen molar-refractivity contribution < 1.29 is 14.4 Å². The first kappa shape index (κ1) is 15.4. The Morgan fingerprint density at radius 2 is 2.09 bits per heavy atom. The maximum atomic E-state index is 12.7. The summed E-state index contributed by atoms with van der Waals surface area (Å²) in [5, 5.41) is 5.82. The molecular weight excluding hydrogens is 298 g/mol. The second kappa shape index (κ2) is 5.96. The van der Waals surface area contributed by atoms with Crippen molar-refractivity contribution in [2.45, 2.75) is 12.5 Å². The van der Waals surface area contributed by atoms with E-state index < -0.39 is 17.5 Å². The maximum Gasteiger partial charge on any atom is 0.325 e. The van der Waals surface area contributed by atoms with Crippen LogP contribution in [0.25, 0.3) is 0 Å². The van der Waals surface area contributed by atoms with Crippen LogP contribution in [0.4, 0.5) is 4.79 Å². The first-order valence-corrected chi connectivity index (χ1v) is 7.55. The van der Waals surface area contributed by atoms with E-state index in [1.54, 1.807) is 36.4 Å². The molecule has 2 aliphatic heterocycles. The van der Waals surface area contributed by atoms with E-state index in [2.05, 4.69) is 15.6 Å². The molecule has 8 nitrogen and oxygen atoms in total. The minimum atomic E-state index is -1.19. The first-order valence-electron chi connectivity index (χ1n) is 7.55. The van der Waals surface area contributed by atoms with Crippen molar-refractivity contribution >= 4 is 17.8 Å². The maximum absolute atomic E-state index is 12.7. The Labute approximate surface area is 133 Å². The minimum Gasteiger partial charge on any atom is -0.339 e. The lowest BCUT2D eigenvalue weighted by atomic mass is 9.93. The molecule has 23 heavy (non-hydrogen) atoms. The van der Waals surface area contributed by atoms with Crippen LogP contribution in [0.2, 0.25) is 0 Å². The van der Waals surface area contributed by atoms with Gasteiger partial charge in [-0.3, -0.25) is 19.5 Å². The van der Waals surface area contributed by atoms with E-state index in [0.717, 1.165) is 18.0 Å². The van der Waals surface area contributed by atoms with Crippen LogP contribution in [0.15, 0.2) is 24.5 Å². The lowest BCUT2D eigenvalue weighted by molar-refractivity contribution is -0.139. The van der Waals surface area contributed by atoms with Gasteiger partial charge in [-0.2, -0.15) is 0 Å². The number of piperazine rings is 1. The fraction of sp³-hybridized carbons (Fsp3) is 0.467. The van der Waals surface area contributed by atoms with Gasteiger partial charge in [-0.05, 0) is 13.0 Å². The Morgan fingerprint density at radius 3 is 2.74 bits per heavy atom. The molecule has 2 saturated heterocycles. The summed E-state index contributed by atoms with van der Waals surface area (Å²) in [7, 11) is 0. The molecule has 0 bridgehead atoms. The average Bonchev–Trinajstić information content (AvgIpc) is 2.81. The van der Waals surface area contributed by atoms with Crippen molar-refractivity contribution in [2.75, 3.05) is 32.7 Å². The Balaban J connectivity index is 1.75. The standard InChI is InChI=1S/C15H19N5O3/c1-15(11-3-2-4-17-9-11)13(22)20(14(23)18-15)10-12(21)19-7-5-16-6-8-19/h2-4,9,16H,5-8,10H2,1H3,(H,18,23). The lowest BCUT2D eigenvalue weighted by Gasteiger charge is -2.28.